The highest BCUT2D eigenvalue weighted by Crippen LogP contribution is 2.50. The molecule has 33 heavy (non-hydrogen) atoms. The maximum Gasteiger partial charge on any atom is 0.393 e. The summed E-state index contributed by atoms with van der Waals surface area (Å²) in [5.41, 5.74) is 6.56. The molecule has 3 nitrogen and oxygen atoms in total. The van der Waals surface area contributed by atoms with Gasteiger partial charge in [0.15, 0.2) is 4.47 Å². The molecule has 0 amide bonds. The van der Waals surface area contributed by atoms with Gasteiger partial charge in [-0.1, -0.05) is 41.9 Å². The van der Waals surface area contributed by atoms with Gasteiger partial charge in [0.2, 0.25) is 0 Å². The topological polar surface area (TPSA) is 30.7 Å². The SMILES string of the molecule is FC(F)(F)Cc1ccc2c(c1-c1nccn1Cc1cnc(Cl)s1)Cc1c-2cccc1C1CC1. The molecule has 168 valence electrons. The molecule has 4 aromatic rings. The molecular formula is C25H19ClF3N3S. The quantitative estimate of drug-likeness (QED) is 0.262. The molecule has 0 atom stereocenters. The summed E-state index contributed by atoms with van der Waals surface area (Å²) >= 11 is 7.34. The van der Waals surface area contributed by atoms with Crippen LogP contribution in [0.1, 0.15) is 45.9 Å². The lowest BCUT2D eigenvalue weighted by atomic mass is 9.93. The summed E-state index contributed by atoms with van der Waals surface area (Å²) in [6.45, 7) is 0.453. The van der Waals surface area contributed by atoms with Gasteiger partial charge >= 0.3 is 6.18 Å². The molecule has 0 saturated heterocycles. The van der Waals surface area contributed by atoms with Gasteiger partial charge in [-0.2, -0.15) is 13.2 Å². The van der Waals surface area contributed by atoms with Crippen molar-refractivity contribution in [3.05, 3.63) is 80.5 Å². The van der Waals surface area contributed by atoms with E-state index in [1.165, 1.54) is 35.3 Å². The number of halogens is 4. The number of benzene rings is 2. The van der Waals surface area contributed by atoms with Crippen molar-refractivity contribution in [2.24, 2.45) is 0 Å². The summed E-state index contributed by atoms with van der Waals surface area (Å²) in [5.74, 6) is 1.13. The molecule has 0 spiro atoms. The van der Waals surface area contributed by atoms with Crippen LogP contribution in [0.4, 0.5) is 13.2 Å². The highest BCUT2D eigenvalue weighted by atomic mass is 35.5. The van der Waals surface area contributed by atoms with E-state index in [1.807, 2.05) is 10.6 Å². The molecule has 2 aromatic heterocycles. The first-order chi connectivity index (χ1) is 15.9. The molecule has 0 N–H and O–H groups in total. The summed E-state index contributed by atoms with van der Waals surface area (Å²) in [5, 5.41) is 0. The second kappa shape index (κ2) is 7.71. The van der Waals surface area contributed by atoms with Crippen LogP contribution in [0.3, 0.4) is 0 Å². The number of alkyl halides is 3. The first kappa shape index (κ1) is 20.9. The molecule has 0 bridgehead atoms. The van der Waals surface area contributed by atoms with Crippen LogP contribution >= 0.6 is 22.9 Å². The molecule has 0 unspecified atom stereocenters. The van der Waals surface area contributed by atoms with E-state index in [2.05, 4.69) is 28.2 Å². The molecular weight excluding hydrogens is 467 g/mol. The second-order valence-corrected chi connectivity index (χ2v) is 10.4. The summed E-state index contributed by atoms with van der Waals surface area (Å²) < 4.78 is 43.0. The van der Waals surface area contributed by atoms with Gasteiger partial charge < -0.3 is 4.57 Å². The van der Waals surface area contributed by atoms with Crippen LogP contribution in [0.15, 0.2) is 48.9 Å². The van der Waals surface area contributed by atoms with Crippen LogP contribution in [0.5, 0.6) is 0 Å². The third kappa shape index (κ3) is 3.87. The Bertz CT molecular complexity index is 1370. The van der Waals surface area contributed by atoms with E-state index in [9.17, 15) is 13.2 Å². The van der Waals surface area contributed by atoms with E-state index in [0.717, 1.165) is 21.6 Å². The van der Waals surface area contributed by atoms with Crippen molar-refractivity contribution in [2.45, 2.75) is 44.3 Å². The third-order valence-corrected chi connectivity index (χ3v) is 7.55. The van der Waals surface area contributed by atoms with E-state index < -0.39 is 12.6 Å². The van der Waals surface area contributed by atoms with Crippen LogP contribution < -0.4 is 0 Å². The van der Waals surface area contributed by atoms with Crippen LogP contribution in [0.2, 0.25) is 4.47 Å². The Labute approximate surface area is 197 Å². The number of hydrogen-bond acceptors (Lipinski definition) is 3. The predicted octanol–water partition coefficient (Wildman–Crippen LogP) is 7.26. The fourth-order valence-electron chi connectivity index (χ4n) is 4.97. The molecule has 0 radical (unpaired) electrons. The van der Waals surface area contributed by atoms with E-state index in [-0.39, 0.29) is 5.56 Å². The normalized spacial score (nSPS) is 15.0. The maximum atomic E-state index is 13.6. The minimum Gasteiger partial charge on any atom is -0.326 e. The van der Waals surface area contributed by atoms with E-state index in [0.29, 0.717) is 34.7 Å². The van der Waals surface area contributed by atoms with E-state index in [1.54, 1.807) is 24.7 Å². The number of thiazole rings is 1. The smallest absolute Gasteiger partial charge is 0.326 e. The predicted molar refractivity (Wildman–Crippen MR) is 124 cm³/mol. The first-order valence-electron chi connectivity index (χ1n) is 10.8. The van der Waals surface area contributed by atoms with Crippen LogP contribution in [0.25, 0.3) is 22.5 Å². The Morgan fingerprint density at radius 2 is 1.88 bits per heavy atom. The molecule has 1 saturated carbocycles. The van der Waals surface area contributed by atoms with Crippen molar-refractivity contribution < 1.29 is 13.2 Å². The number of aromatic nitrogens is 3. The minimum absolute atomic E-state index is 0.261. The van der Waals surface area contributed by atoms with Crippen molar-refractivity contribution >= 4 is 22.9 Å². The Morgan fingerprint density at radius 1 is 1.06 bits per heavy atom. The molecule has 8 heteroatoms. The van der Waals surface area contributed by atoms with E-state index in [4.69, 9.17) is 11.6 Å². The number of fused-ring (bicyclic) bond motifs is 3. The lowest BCUT2D eigenvalue weighted by Crippen LogP contribution is -2.14. The molecule has 1 fully saturated rings. The number of hydrogen-bond donors (Lipinski definition) is 0. The zero-order chi connectivity index (χ0) is 22.7. The Balaban J connectivity index is 1.51. The van der Waals surface area contributed by atoms with Gasteiger partial charge in [0.25, 0.3) is 0 Å². The molecule has 2 aliphatic rings. The van der Waals surface area contributed by atoms with Gasteiger partial charge in [-0.25, -0.2) is 9.97 Å². The molecule has 2 aromatic carbocycles. The number of imidazole rings is 1. The summed E-state index contributed by atoms with van der Waals surface area (Å²) in [7, 11) is 0. The molecule has 6 rings (SSSR count). The fourth-order valence-corrected chi connectivity index (χ4v) is 5.95. The van der Waals surface area contributed by atoms with Gasteiger partial charge in [-0.05, 0) is 58.6 Å². The first-order valence-corrected chi connectivity index (χ1v) is 12.0. The summed E-state index contributed by atoms with van der Waals surface area (Å²) in [4.78, 5) is 9.54. The lowest BCUT2D eigenvalue weighted by Gasteiger charge is -2.17. The van der Waals surface area contributed by atoms with Crippen molar-refractivity contribution in [3.63, 3.8) is 0 Å². The maximum absolute atomic E-state index is 13.6. The van der Waals surface area contributed by atoms with Crippen molar-refractivity contribution in [2.75, 3.05) is 0 Å². The highest BCUT2D eigenvalue weighted by molar-refractivity contribution is 7.15. The standard InChI is InChI=1S/C25H19ClF3N3S/c26-24-31-12-16(33-24)13-32-9-8-30-23(32)22-15(11-25(27,28)29)6-7-19-18-3-1-2-17(14-4-5-14)20(18)10-21(19)22/h1-3,6-9,12,14H,4-5,10-11,13H2. The van der Waals surface area contributed by atoms with Gasteiger partial charge in [0.05, 0.1) is 13.0 Å². The largest absolute Gasteiger partial charge is 0.393 e. The fraction of sp³-hybridized carbons (Fsp3) is 0.280. The summed E-state index contributed by atoms with van der Waals surface area (Å²) in [6, 6.07) is 9.82. The Morgan fingerprint density at radius 3 is 2.61 bits per heavy atom. The lowest BCUT2D eigenvalue weighted by molar-refractivity contribution is -0.127. The summed E-state index contributed by atoms with van der Waals surface area (Å²) in [6.07, 6.45) is 2.85. The van der Waals surface area contributed by atoms with Gasteiger partial charge in [-0.15, -0.1) is 11.3 Å². The van der Waals surface area contributed by atoms with Crippen molar-refractivity contribution in [3.8, 4) is 22.5 Å². The Kier molecular flexibility index (Phi) is 4.89. The minimum atomic E-state index is -4.31. The highest BCUT2D eigenvalue weighted by Gasteiger charge is 2.35. The average molecular weight is 486 g/mol. The second-order valence-electron chi connectivity index (χ2n) is 8.70. The average Bonchev–Trinajstić information content (AvgIpc) is 3.18. The van der Waals surface area contributed by atoms with Gasteiger partial charge in [0, 0.05) is 29.0 Å². The molecule has 0 aliphatic heterocycles. The molecule has 2 heterocycles. The van der Waals surface area contributed by atoms with Crippen molar-refractivity contribution in [1.29, 1.82) is 0 Å². The van der Waals surface area contributed by atoms with Gasteiger partial charge in [-0.3, -0.25) is 0 Å². The van der Waals surface area contributed by atoms with Gasteiger partial charge in [0.1, 0.15) is 5.82 Å². The molecule has 2 aliphatic carbocycles. The van der Waals surface area contributed by atoms with Crippen LogP contribution in [0, 0.1) is 0 Å². The van der Waals surface area contributed by atoms with Crippen LogP contribution in [-0.2, 0) is 19.4 Å². The van der Waals surface area contributed by atoms with E-state index >= 15 is 0 Å². The zero-order valence-electron chi connectivity index (χ0n) is 17.5. The van der Waals surface area contributed by atoms with Crippen LogP contribution in [-0.4, -0.2) is 20.7 Å². The number of rotatable bonds is 5. The van der Waals surface area contributed by atoms with Crippen molar-refractivity contribution in [1.82, 2.24) is 14.5 Å². The number of nitrogens with zero attached hydrogens (tertiary/aromatic N) is 3. The third-order valence-electron chi connectivity index (χ3n) is 6.45. The monoisotopic (exact) mass is 485 g/mol. The Hall–Kier alpha value is -2.64. The zero-order valence-corrected chi connectivity index (χ0v) is 19.1.